The van der Waals surface area contributed by atoms with Gasteiger partial charge in [0.05, 0.1) is 23.8 Å². The van der Waals surface area contributed by atoms with E-state index in [9.17, 15) is 18.0 Å². The molecular formula is C27H40F3N3O2S. The van der Waals surface area contributed by atoms with E-state index in [-0.39, 0.29) is 35.4 Å². The first-order chi connectivity index (χ1) is 16.9. The van der Waals surface area contributed by atoms with Crippen LogP contribution in [0.5, 0.6) is 0 Å². The van der Waals surface area contributed by atoms with Gasteiger partial charge in [0.15, 0.2) is 0 Å². The van der Waals surface area contributed by atoms with E-state index < -0.39 is 12.7 Å². The summed E-state index contributed by atoms with van der Waals surface area (Å²) in [6, 6.07) is 0. The molecule has 0 saturated carbocycles. The number of aryl methyl sites for hydroxylation is 1. The Labute approximate surface area is 217 Å². The fourth-order valence-electron chi connectivity index (χ4n) is 6.34. The Morgan fingerprint density at radius 1 is 1.31 bits per heavy atom. The summed E-state index contributed by atoms with van der Waals surface area (Å²) in [5, 5.41) is 0.938. The summed E-state index contributed by atoms with van der Waals surface area (Å²) >= 11 is 1.59. The summed E-state index contributed by atoms with van der Waals surface area (Å²) in [6.07, 6.45) is 4.91. The zero-order valence-electron chi connectivity index (χ0n) is 21.9. The van der Waals surface area contributed by atoms with Gasteiger partial charge in [-0.15, -0.1) is 11.3 Å². The van der Waals surface area contributed by atoms with E-state index in [1.165, 1.54) is 0 Å². The molecule has 0 bridgehead atoms. The average Bonchev–Trinajstić information content (AvgIpc) is 3.14. The van der Waals surface area contributed by atoms with Crippen molar-refractivity contribution in [1.29, 1.82) is 0 Å². The lowest BCUT2D eigenvalue weighted by Gasteiger charge is -2.50. The van der Waals surface area contributed by atoms with Crippen LogP contribution in [0.4, 0.5) is 13.2 Å². The van der Waals surface area contributed by atoms with Gasteiger partial charge in [-0.05, 0) is 64.7 Å². The van der Waals surface area contributed by atoms with Gasteiger partial charge in [0, 0.05) is 54.7 Å². The zero-order valence-corrected chi connectivity index (χ0v) is 22.8. The number of piperidine rings is 2. The number of halogens is 3. The second-order valence-corrected chi connectivity index (χ2v) is 12.7. The minimum atomic E-state index is -4.22. The molecule has 0 radical (unpaired) electrons. The summed E-state index contributed by atoms with van der Waals surface area (Å²) < 4.78 is 46.1. The number of rotatable bonds is 5. The number of nitrogens with zero attached hydrogens (tertiary/aromatic N) is 3. The molecule has 1 aromatic heterocycles. The first-order valence-electron chi connectivity index (χ1n) is 13.3. The maximum absolute atomic E-state index is 13.4. The van der Waals surface area contributed by atoms with Gasteiger partial charge in [-0.25, -0.2) is 4.98 Å². The second-order valence-electron chi connectivity index (χ2n) is 11.5. The van der Waals surface area contributed by atoms with Crippen LogP contribution < -0.4 is 0 Å². The first-order valence-corrected chi connectivity index (χ1v) is 14.1. The van der Waals surface area contributed by atoms with Gasteiger partial charge in [0.1, 0.15) is 0 Å². The summed E-state index contributed by atoms with van der Waals surface area (Å²) in [5.74, 6) is 0.282. The van der Waals surface area contributed by atoms with E-state index in [4.69, 9.17) is 4.74 Å². The molecule has 2 saturated heterocycles. The fourth-order valence-corrected chi connectivity index (χ4v) is 7.20. The summed E-state index contributed by atoms with van der Waals surface area (Å²) in [5.41, 5.74) is 0.651. The van der Waals surface area contributed by atoms with Crippen molar-refractivity contribution in [2.45, 2.75) is 90.5 Å². The number of alkyl halides is 3. The van der Waals surface area contributed by atoms with E-state index in [2.05, 4.69) is 18.0 Å². The van der Waals surface area contributed by atoms with Gasteiger partial charge in [-0.2, -0.15) is 13.2 Å². The molecule has 1 aliphatic carbocycles. The quantitative estimate of drug-likeness (QED) is 0.475. The van der Waals surface area contributed by atoms with Crippen molar-refractivity contribution < 1.29 is 22.7 Å². The monoisotopic (exact) mass is 527 g/mol. The summed E-state index contributed by atoms with van der Waals surface area (Å²) in [7, 11) is 0. The Balaban J connectivity index is 1.44. The maximum Gasteiger partial charge on any atom is 0.401 e. The van der Waals surface area contributed by atoms with Crippen molar-refractivity contribution in [2.24, 2.45) is 11.3 Å². The first kappa shape index (κ1) is 27.6. The normalized spacial score (nSPS) is 27.8. The second kappa shape index (κ2) is 11.1. The summed E-state index contributed by atoms with van der Waals surface area (Å²) in [6.45, 7) is 9.32. The smallest absolute Gasteiger partial charge is 0.375 e. The van der Waals surface area contributed by atoms with Gasteiger partial charge >= 0.3 is 6.18 Å². The largest absolute Gasteiger partial charge is 0.401 e. The Bertz CT molecular complexity index is 937. The van der Waals surface area contributed by atoms with Crippen LogP contribution in [0.1, 0.15) is 75.1 Å². The molecule has 1 spiro atoms. The molecule has 3 unspecified atom stereocenters. The molecule has 3 aliphatic rings. The predicted molar refractivity (Wildman–Crippen MR) is 136 cm³/mol. The van der Waals surface area contributed by atoms with Crippen LogP contribution >= 0.6 is 11.3 Å². The minimum absolute atomic E-state index is 0.00496. The highest BCUT2D eigenvalue weighted by Crippen LogP contribution is 2.46. The lowest BCUT2D eigenvalue weighted by Crippen LogP contribution is -2.54. The van der Waals surface area contributed by atoms with Crippen molar-refractivity contribution in [2.75, 3.05) is 32.7 Å². The molecule has 1 amide bonds. The zero-order chi connectivity index (χ0) is 26.1. The Hall–Kier alpha value is -1.45. The van der Waals surface area contributed by atoms with Gasteiger partial charge in [0.2, 0.25) is 5.91 Å². The van der Waals surface area contributed by atoms with Crippen molar-refractivity contribution >= 4 is 17.2 Å². The van der Waals surface area contributed by atoms with Crippen molar-refractivity contribution in [3.63, 3.8) is 0 Å². The molecule has 0 N–H and O–H groups in total. The molecule has 9 heteroatoms. The Kier molecular flexibility index (Phi) is 8.52. The number of hydrogen-bond acceptors (Lipinski definition) is 5. The minimum Gasteiger partial charge on any atom is -0.375 e. The Morgan fingerprint density at radius 3 is 2.64 bits per heavy atom. The highest BCUT2D eigenvalue weighted by atomic mass is 32.1. The molecule has 36 heavy (non-hydrogen) atoms. The number of amides is 1. The van der Waals surface area contributed by atoms with Crippen LogP contribution in [0.25, 0.3) is 0 Å². The van der Waals surface area contributed by atoms with E-state index in [0.717, 1.165) is 54.0 Å². The van der Waals surface area contributed by atoms with Crippen LogP contribution in [0, 0.1) is 18.3 Å². The number of hydrogen-bond donors (Lipinski definition) is 0. The molecule has 5 nitrogen and oxygen atoms in total. The molecule has 3 heterocycles. The standard InChI is InChI=1S/C27H40F3N3O2S/c1-18(2)35-23-7-5-6-21(12-19(23)3)25(34)33-10-8-26(9-11-33)13-22(24-31-14-20(4)36-24)15-32(16-26)17-27(28,29)30/h12,14,18-19,22-23H,5-11,13,15-17H2,1-4H3. The van der Waals surface area contributed by atoms with E-state index in [1.807, 2.05) is 31.9 Å². The Morgan fingerprint density at radius 2 is 2.03 bits per heavy atom. The predicted octanol–water partition coefficient (Wildman–Crippen LogP) is 5.95. The topological polar surface area (TPSA) is 45.7 Å². The van der Waals surface area contributed by atoms with Crippen LogP contribution in [0.15, 0.2) is 17.8 Å². The highest BCUT2D eigenvalue weighted by molar-refractivity contribution is 7.11. The van der Waals surface area contributed by atoms with E-state index in [0.29, 0.717) is 26.2 Å². The average molecular weight is 528 g/mol. The van der Waals surface area contributed by atoms with Crippen molar-refractivity contribution in [3.05, 3.63) is 27.7 Å². The van der Waals surface area contributed by atoms with Crippen molar-refractivity contribution in [1.82, 2.24) is 14.8 Å². The molecule has 202 valence electrons. The number of carbonyl (C=O) groups excluding carboxylic acids is 1. The van der Waals surface area contributed by atoms with E-state index >= 15 is 0 Å². The van der Waals surface area contributed by atoms with Crippen LogP contribution in [0.2, 0.25) is 0 Å². The SMILES string of the molecule is Cc1cnc(C2CN(CC(F)(F)F)CC3(CCN(C(=O)C4=CC(C)C(OC(C)C)CCC4)CC3)C2)s1. The molecular weight excluding hydrogens is 487 g/mol. The van der Waals surface area contributed by atoms with Gasteiger partial charge in [-0.3, -0.25) is 9.69 Å². The molecule has 2 aliphatic heterocycles. The lowest BCUT2D eigenvalue weighted by molar-refractivity contribution is -0.156. The van der Waals surface area contributed by atoms with Crippen molar-refractivity contribution in [3.8, 4) is 0 Å². The van der Waals surface area contributed by atoms with Crippen LogP contribution in [-0.2, 0) is 9.53 Å². The third kappa shape index (κ3) is 6.90. The highest BCUT2D eigenvalue weighted by Gasteiger charge is 2.46. The summed E-state index contributed by atoms with van der Waals surface area (Å²) in [4.78, 5) is 22.6. The van der Waals surface area contributed by atoms with Gasteiger partial charge < -0.3 is 9.64 Å². The fraction of sp³-hybridized carbons (Fsp3) is 0.778. The number of thiazole rings is 1. The van der Waals surface area contributed by atoms with Gasteiger partial charge in [-0.1, -0.05) is 13.0 Å². The maximum atomic E-state index is 13.4. The van der Waals surface area contributed by atoms with Gasteiger partial charge in [0.25, 0.3) is 0 Å². The van der Waals surface area contributed by atoms with E-state index in [1.54, 1.807) is 16.2 Å². The third-order valence-corrected chi connectivity index (χ3v) is 9.00. The molecule has 0 aromatic carbocycles. The van der Waals surface area contributed by atoms with Crippen LogP contribution in [-0.4, -0.2) is 71.8 Å². The molecule has 1 aromatic rings. The van der Waals surface area contributed by atoms with Crippen LogP contribution in [0.3, 0.4) is 0 Å². The number of likely N-dealkylation sites (tertiary alicyclic amines) is 2. The number of aromatic nitrogens is 1. The lowest BCUT2D eigenvalue weighted by atomic mass is 9.69. The number of carbonyl (C=O) groups is 1. The third-order valence-electron chi connectivity index (χ3n) is 7.93. The number of ether oxygens (including phenoxy) is 1. The molecule has 2 fully saturated rings. The molecule has 4 rings (SSSR count). The molecule has 3 atom stereocenters.